The predicted molar refractivity (Wildman–Crippen MR) is 114 cm³/mol. The van der Waals surface area contributed by atoms with Crippen LogP contribution in [-0.2, 0) is 6.42 Å². The summed E-state index contributed by atoms with van der Waals surface area (Å²) in [4.78, 5) is 15.4. The summed E-state index contributed by atoms with van der Waals surface area (Å²) in [5, 5.41) is 0. The summed E-state index contributed by atoms with van der Waals surface area (Å²) < 4.78 is 24.6. The van der Waals surface area contributed by atoms with Gasteiger partial charge in [-0.3, -0.25) is 4.79 Å². The van der Waals surface area contributed by atoms with Crippen molar-refractivity contribution in [1.29, 1.82) is 0 Å². The number of fused-ring (bicyclic) bond motifs is 1. The van der Waals surface area contributed by atoms with E-state index in [1.54, 1.807) is 26.4 Å². The van der Waals surface area contributed by atoms with E-state index in [-0.39, 0.29) is 17.8 Å². The largest absolute Gasteiger partial charge is 0.493 e. The predicted octanol–water partition coefficient (Wildman–Crippen LogP) is 4.94. The lowest BCUT2D eigenvalue weighted by Gasteiger charge is -2.38. The van der Waals surface area contributed by atoms with Gasteiger partial charge >= 0.3 is 0 Å². The third kappa shape index (κ3) is 3.52. The maximum atomic E-state index is 13.6. The molecule has 0 N–H and O–H groups in total. The van der Waals surface area contributed by atoms with Crippen LogP contribution in [0.3, 0.4) is 0 Å². The summed E-state index contributed by atoms with van der Waals surface area (Å²) in [5.41, 5.74) is 4.52. The molecule has 0 bridgehead atoms. The summed E-state index contributed by atoms with van der Waals surface area (Å²) >= 11 is 0. The van der Waals surface area contributed by atoms with Crippen LogP contribution in [0.5, 0.6) is 11.5 Å². The highest BCUT2D eigenvalue weighted by Crippen LogP contribution is 2.41. The van der Waals surface area contributed by atoms with E-state index in [1.807, 2.05) is 48.2 Å². The first-order valence-electron chi connectivity index (χ1n) is 9.90. The van der Waals surface area contributed by atoms with E-state index in [2.05, 4.69) is 0 Å². The highest BCUT2D eigenvalue weighted by molar-refractivity contribution is 5.96. The van der Waals surface area contributed by atoms with Crippen LogP contribution < -0.4 is 9.47 Å². The molecule has 1 atom stereocenters. The Morgan fingerprint density at radius 3 is 2.33 bits per heavy atom. The third-order valence-corrected chi connectivity index (χ3v) is 5.70. The third-order valence-electron chi connectivity index (χ3n) is 5.70. The molecule has 4 rings (SSSR count). The molecule has 1 heterocycles. The molecule has 3 aromatic rings. The quantitative estimate of drug-likeness (QED) is 0.617. The number of benzene rings is 3. The molecule has 3 aromatic carbocycles. The number of hydrogen-bond donors (Lipinski definition) is 0. The van der Waals surface area contributed by atoms with Gasteiger partial charge < -0.3 is 14.4 Å². The van der Waals surface area contributed by atoms with Gasteiger partial charge in [0.05, 0.1) is 20.3 Å². The van der Waals surface area contributed by atoms with Crippen LogP contribution in [-0.4, -0.2) is 31.6 Å². The molecule has 0 aliphatic carbocycles. The number of aryl methyl sites for hydroxylation is 1. The van der Waals surface area contributed by atoms with Gasteiger partial charge in [0.1, 0.15) is 5.82 Å². The van der Waals surface area contributed by atoms with E-state index in [1.165, 1.54) is 12.1 Å². The Balaban J connectivity index is 1.86. The monoisotopic (exact) mass is 405 g/mol. The average molecular weight is 405 g/mol. The van der Waals surface area contributed by atoms with E-state index in [4.69, 9.17) is 9.47 Å². The lowest BCUT2D eigenvalue weighted by Crippen LogP contribution is -2.41. The lowest BCUT2D eigenvalue weighted by atomic mass is 9.87. The zero-order valence-corrected chi connectivity index (χ0v) is 17.3. The number of carbonyl (C=O) groups excluding carboxylic acids is 1. The smallest absolute Gasteiger partial charge is 0.254 e. The minimum absolute atomic E-state index is 0.0390. The average Bonchev–Trinajstić information content (AvgIpc) is 2.77. The van der Waals surface area contributed by atoms with Crippen molar-refractivity contribution in [1.82, 2.24) is 4.90 Å². The van der Waals surface area contributed by atoms with Crippen molar-refractivity contribution in [2.45, 2.75) is 19.4 Å². The van der Waals surface area contributed by atoms with Crippen molar-refractivity contribution in [3.8, 4) is 11.5 Å². The van der Waals surface area contributed by atoms with E-state index in [9.17, 15) is 9.18 Å². The Labute approximate surface area is 175 Å². The molecule has 0 aromatic heterocycles. The normalized spacial score (nSPS) is 15.5. The molecule has 0 unspecified atom stereocenters. The molecule has 1 aliphatic rings. The first-order valence-corrected chi connectivity index (χ1v) is 9.90. The zero-order chi connectivity index (χ0) is 21.3. The molecule has 1 aliphatic heterocycles. The van der Waals surface area contributed by atoms with Gasteiger partial charge in [-0.2, -0.15) is 0 Å². The lowest BCUT2D eigenvalue weighted by molar-refractivity contribution is 0.0693. The van der Waals surface area contributed by atoms with E-state index in [0.29, 0.717) is 30.0 Å². The van der Waals surface area contributed by atoms with Crippen LogP contribution >= 0.6 is 0 Å². The summed E-state index contributed by atoms with van der Waals surface area (Å²) in [6, 6.07) is 17.5. The maximum absolute atomic E-state index is 13.6. The van der Waals surface area contributed by atoms with Gasteiger partial charge in [-0.25, -0.2) is 4.39 Å². The minimum Gasteiger partial charge on any atom is -0.493 e. The molecule has 0 saturated carbocycles. The summed E-state index contributed by atoms with van der Waals surface area (Å²) in [7, 11) is 3.20. The second-order valence-corrected chi connectivity index (χ2v) is 7.42. The summed E-state index contributed by atoms with van der Waals surface area (Å²) in [6.45, 7) is 2.49. The second kappa shape index (κ2) is 8.19. The Morgan fingerprint density at radius 1 is 1.00 bits per heavy atom. The second-order valence-electron chi connectivity index (χ2n) is 7.42. The van der Waals surface area contributed by atoms with E-state index in [0.717, 1.165) is 22.3 Å². The van der Waals surface area contributed by atoms with Crippen molar-refractivity contribution in [2.24, 2.45) is 0 Å². The van der Waals surface area contributed by atoms with Crippen LogP contribution in [0.1, 0.15) is 38.7 Å². The molecule has 5 heteroatoms. The highest BCUT2D eigenvalue weighted by atomic mass is 19.1. The summed E-state index contributed by atoms with van der Waals surface area (Å²) in [5.74, 6) is 0.920. The minimum atomic E-state index is -0.346. The van der Waals surface area contributed by atoms with Gasteiger partial charge in [0.2, 0.25) is 0 Å². The van der Waals surface area contributed by atoms with Gasteiger partial charge in [-0.15, -0.1) is 0 Å². The van der Waals surface area contributed by atoms with Crippen LogP contribution in [0.4, 0.5) is 4.39 Å². The number of methoxy groups -OCH3 is 2. The number of amides is 1. The van der Waals surface area contributed by atoms with Gasteiger partial charge in [0.15, 0.2) is 11.5 Å². The van der Waals surface area contributed by atoms with Crippen molar-refractivity contribution in [2.75, 3.05) is 20.8 Å². The molecular weight excluding hydrogens is 381 g/mol. The Hall–Kier alpha value is -3.34. The number of rotatable bonds is 4. The topological polar surface area (TPSA) is 38.8 Å². The number of carbonyl (C=O) groups is 1. The molecule has 30 heavy (non-hydrogen) atoms. The fourth-order valence-electron chi connectivity index (χ4n) is 4.14. The Bertz CT molecular complexity index is 1080. The number of nitrogens with zero attached hydrogens (tertiary/aromatic N) is 1. The number of ether oxygens (including phenoxy) is 2. The Kier molecular flexibility index (Phi) is 5.44. The Morgan fingerprint density at radius 2 is 1.67 bits per heavy atom. The SMILES string of the molecule is COc1cc2c(cc1OC)[C@H](c1ccc(F)cc1)N(C(=O)c1ccccc1C)CC2. The van der Waals surface area contributed by atoms with Crippen molar-refractivity contribution in [3.63, 3.8) is 0 Å². The number of hydrogen-bond acceptors (Lipinski definition) is 3. The standard InChI is InChI=1S/C25H24FNO3/c1-16-6-4-5-7-20(16)25(28)27-13-12-18-14-22(29-2)23(30-3)15-21(18)24(27)17-8-10-19(26)11-9-17/h4-11,14-15,24H,12-13H2,1-3H3/t24-/m0/s1. The molecule has 154 valence electrons. The van der Waals surface area contributed by atoms with Crippen molar-refractivity contribution < 1.29 is 18.7 Å². The van der Waals surface area contributed by atoms with E-state index >= 15 is 0 Å². The van der Waals surface area contributed by atoms with Gasteiger partial charge in [0.25, 0.3) is 5.91 Å². The number of halogens is 1. The van der Waals surface area contributed by atoms with E-state index < -0.39 is 0 Å². The fourth-order valence-corrected chi connectivity index (χ4v) is 4.14. The maximum Gasteiger partial charge on any atom is 0.254 e. The van der Waals surface area contributed by atoms with Gasteiger partial charge in [0, 0.05) is 12.1 Å². The van der Waals surface area contributed by atoms with Crippen LogP contribution in [0.2, 0.25) is 0 Å². The first-order chi connectivity index (χ1) is 14.5. The van der Waals surface area contributed by atoms with Crippen LogP contribution in [0.15, 0.2) is 60.7 Å². The molecule has 1 amide bonds. The molecule has 4 nitrogen and oxygen atoms in total. The molecule has 0 saturated heterocycles. The fraction of sp³-hybridized carbons (Fsp3) is 0.240. The van der Waals surface area contributed by atoms with Crippen molar-refractivity contribution >= 4 is 5.91 Å². The van der Waals surface area contributed by atoms with Gasteiger partial charge in [-0.1, -0.05) is 30.3 Å². The first kappa shape index (κ1) is 20.0. The van der Waals surface area contributed by atoms with Crippen LogP contribution in [0, 0.1) is 12.7 Å². The summed E-state index contributed by atoms with van der Waals surface area (Å²) in [6.07, 6.45) is 0.699. The van der Waals surface area contributed by atoms with Gasteiger partial charge in [-0.05, 0) is 65.9 Å². The van der Waals surface area contributed by atoms with Crippen molar-refractivity contribution in [3.05, 3.63) is 94.3 Å². The zero-order valence-electron chi connectivity index (χ0n) is 17.3. The molecular formula is C25H24FNO3. The highest BCUT2D eigenvalue weighted by Gasteiger charge is 2.34. The van der Waals surface area contributed by atoms with Crippen LogP contribution in [0.25, 0.3) is 0 Å². The molecule has 0 radical (unpaired) electrons. The molecule has 0 fully saturated rings. The molecule has 0 spiro atoms.